The second-order valence-corrected chi connectivity index (χ2v) is 4.29. The molecule has 0 amide bonds. The van der Waals surface area contributed by atoms with E-state index in [1.165, 1.54) is 0 Å². The summed E-state index contributed by atoms with van der Waals surface area (Å²) in [5, 5.41) is 1.09. The molecule has 0 aliphatic heterocycles. The lowest BCUT2D eigenvalue weighted by Crippen LogP contribution is -1.85. The molecule has 0 bridgehead atoms. The summed E-state index contributed by atoms with van der Waals surface area (Å²) < 4.78 is 33.5. The van der Waals surface area contributed by atoms with Gasteiger partial charge in [0.05, 0.1) is 5.48 Å². The first-order valence-corrected chi connectivity index (χ1v) is 5.43. The zero-order valence-electron chi connectivity index (χ0n) is 12.4. The highest BCUT2D eigenvalue weighted by Gasteiger charge is 2.08. The van der Waals surface area contributed by atoms with Gasteiger partial charge < -0.3 is 4.57 Å². The van der Waals surface area contributed by atoms with Crippen LogP contribution in [0.2, 0.25) is 10.0 Å². The Labute approximate surface area is 109 Å². The van der Waals surface area contributed by atoms with Gasteiger partial charge in [-0.3, -0.25) is 0 Å². The van der Waals surface area contributed by atoms with Crippen LogP contribution in [0.15, 0.2) is 36.3 Å². The van der Waals surface area contributed by atoms with E-state index in [1.807, 2.05) is 0 Å². The van der Waals surface area contributed by atoms with E-state index >= 15 is 0 Å². The summed E-state index contributed by atoms with van der Waals surface area (Å²) in [6, 6.07) is 3.29. The number of nitrogens with zero attached hydrogens (tertiary/aromatic N) is 1. The summed E-state index contributed by atoms with van der Waals surface area (Å²) >= 11 is 11.9. The molecule has 0 aliphatic rings. The van der Waals surface area contributed by atoms with Crippen LogP contribution in [-0.2, 0) is 7.05 Å². The van der Waals surface area contributed by atoms with Crippen LogP contribution in [-0.4, -0.2) is 4.57 Å². The van der Waals surface area contributed by atoms with Gasteiger partial charge in [0.1, 0.15) is 0 Å². The minimum atomic E-state index is 0.0158. The highest BCUT2D eigenvalue weighted by molar-refractivity contribution is 6.33. The van der Waals surface area contributed by atoms with Gasteiger partial charge in [0, 0.05) is 38.9 Å². The Bertz CT molecular complexity index is 815. The fraction of sp³-hybridized carbons (Fsp3) is 0.0769. The van der Waals surface area contributed by atoms with E-state index in [2.05, 4.69) is 0 Å². The summed E-state index contributed by atoms with van der Waals surface area (Å²) in [7, 11) is 1.77. The van der Waals surface area contributed by atoms with E-state index in [1.54, 1.807) is 23.7 Å². The van der Waals surface area contributed by atoms with Crippen LogP contribution in [0.3, 0.4) is 0 Å². The predicted octanol–water partition coefficient (Wildman–Crippen LogP) is 4.64. The topological polar surface area (TPSA) is 4.93 Å². The molecule has 0 radical (unpaired) electrons. The summed E-state index contributed by atoms with van der Waals surface area (Å²) in [4.78, 5) is 0. The fourth-order valence-electron chi connectivity index (χ4n) is 1.87. The van der Waals surface area contributed by atoms with Crippen molar-refractivity contribution in [2.24, 2.45) is 7.05 Å². The Balaban J connectivity index is 2.71. The van der Waals surface area contributed by atoms with Crippen LogP contribution < -0.4 is 0 Å². The van der Waals surface area contributed by atoms with Gasteiger partial charge in [0.2, 0.25) is 0 Å². The number of halogens is 2. The smallest absolute Gasteiger partial charge is 0.0646 e. The fourth-order valence-corrected chi connectivity index (χ4v) is 2.17. The van der Waals surface area contributed by atoms with Crippen molar-refractivity contribution in [3.8, 4) is 0 Å². The highest BCUT2D eigenvalue weighted by Crippen LogP contribution is 2.31. The lowest BCUT2D eigenvalue weighted by atomic mass is 10.1. The van der Waals surface area contributed by atoms with Crippen LogP contribution in [0, 0.1) is 0 Å². The highest BCUT2D eigenvalue weighted by atomic mass is 35.5. The standard InChI is InChI=1S/C13H9Cl2N/c1-16-12-4-2-8(14)6-10(12)11-7-9(15)3-5-13(11)16/h2-7H,1H3/i2D,3D,6D,7D. The van der Waals surface area contributed by atoms with Crippen molar-refractivity contribution in [3.63, 3.8) is 0 Å². The Hall–Kier alpha value is -1.18. The molecule has 1 heterocycles. The van der Waals surface area contributed by atoms with Crippen molar-refractivity contribution < 1.29 is 5.48 Å². The molecule has 0 saturated carbocycles. The SMILES string of the molecule is [2H]c1cc2c(c([2H])c1Cl)c1c([2H])c(Cl)c([2H])cc1n2C. The van der Waals surface area contributed by atoms with Crippen molar-refractivity contribution in [2.75, 3.05) is 0 Å². The van der Waals surface area contributed by atoms with Crippen LogP contribution in [0.5, 0.6) is 0 Å². The molecular weight excluding hydrogens is 241 g/mol. The first-order valence-electron chi connectivity index (χ1n) is 6.68. The van der Waals surface area contributed by atoms with E-state index in [0.717, 1.165) is 0 Å². The van der Waals surface area contributed by atoms with E-state index < -0.39 is 0 Å². The Morgan fingerprint density at radius 2 is 1.44 bits per heavy atom. The van der Waals surface area contributed by atoms with Gasteiger partial charge in [-0.1, -0.05) is 23.2 Å². The van der Waals surface area contributed by atoms with Crippen molar-refractivity contribution in [1.82, 2.24) is 4.57 Å². The van der Waals surface area contributed by atoms with Gasteiger partial charge >= 0.3 is 0 Å². The van der Waals surface area contributed by atoms with Gasteiger partial charge in [-0.15, -0.1) is 0 Å². The number of aryl methyl sites for hydroxylation is 1. The molecule has 0 spiro atoms. The number of rotatable bonds is 0. The van der Waals surface area contributed by atoms with Gasteiger partial charge in [0.15, 0.2) is 0 Å². The van der Waals surface area contributed by atoms with E-state index in [0.29, 0.717) is 21.8 Å². The molecule has 3 rings (SSSR count). The van der Waals surface area contributed by atoms with Crippen molar-refractivity contribution in [2.45, 2.75) is 0 Å². The molecule has 0 unspecified atom stereocenters. The summed E-state index contributed by atoms with van der Waals surface area (Å²) in [6.45, 7) is 0. The third-order valence-electron chi connectivity index (χ3n) is 2.63. The second kappa shape index (κ2) is 3.41. The first-order chi connectivity index (χ1) is 9.34. The minimum Gasteiger partial charge on any atom is -0.344 e. The van der Waals surface area contributed by atoms with Crippen LogP contribution in [0.4, 0.5) is 0 Å². The zero-order valence-corrected chi connectivity index (χ0v) is 9.87. The average molecular weight is 254 g/mol. The van der Waals surface area contributed by atoms with E-state index in [-0.39, 0.29) is 34.2 Å². The normalized spacial score (nSPS) is 14.9. The van der Waals surface area contributed by atoms with Gasteiger partial charge in [-0.25, -0.2) is 0 Å². The summed E-state index contributed by atoms with van der Waals surface area (Å²) in [6.07, 6.45) is 0. The van der Waals surface area contributed by atoms with Crippen LogP contribution in [0.1, 0.15) is 5.48 Å². The molecule has 0 atom stereocenters. The molecule has 0 N–H and O–H groups in total. The number of hydrogen-bond acceptors (Lipinski definition) is 0. The van der Waals surface area contributed by atoms with E-state index in [9.17, 15) is 0 Å². The molecule has 0 saturated heterocycles. The maximum absolute atomic E-state index is 8.11. The summed E-state index contributed by atoms with van der Waals surface area (Å²) in [5.74, 6) is 0. The maximum atomic E-state index is 8.11. The molecule has 0 fully saturated rings. The third kappa shape index (κ3) is 1.32. The zero-order chi connectivity index (χ0) is 14.8. The molecule has 3 aromatic rings. The molecule has 0 aliphatic carbocycles. The molecule has 80 valence electrons. The maximum Gasteiger partial charge on any atom is 0.0646 e. The lowest BCUT2D eigenvalue weighted by molar-refractivity contribution is 1.01. The van der Waals surface area contributed by atoms with E-state index in [4.69, 9.17) is 28.7 Å². The van der Waals surface area contributed by atoms with Gasteiger partial charge in [0.25, 0.3) is 0 Å². The number of aromatic nitrogens is 1. The number of fused-ring (bicyclic) bond motifs is 3. The Kier molecular flexibility index (Phi) is 1.39. The van der Waals surface area contributed by atoms with Crippen molar-refractivity contribution in [1.29, 1.82) is 0 Å². The van der Waals surface area contributed by atoms with Gasteiger partial charge in [-0.05, 0) is 36.3 Å². The Morgan fingerprint density at radius 3 is 1.88 bits per heavy atom. The summed E-state index contributed by atoms with van der Waals surface area (Å²) in [5.41, 5.74) is 1.27. The largest absolute Gasteiger partial charge is 0.344 e. The molecule has 1 nitrogen and oxygen atoms in total. The molecule has 16 heavy (non-hydrogen) atoms. The Morgan fingerprint density at radius 1 is 1.00 bits per heavy atom. The minimum absolute atomic E-state index is 0.0158. The average Bonchev–Trinajstić information content (AvgIpc) is 2.68. The third-order valence-corrected chi connectivity index (χ3v) is 3.03. The van der Waals surface area contributed by atoms with Crippen LogP contribution in [0.25, 0.3) is 21.8 Å². The number of benzene rings is 2. The molecule has 3 heteroatoms. The second-order valence-electron chi connectivity index (χ2n) is 3.53. The number of hydrogen-bond donors (Lipinski definition) is 0. The monoisotopic (exact) mass is 253 g/mol. The quantitative estimate of drug-likeness (QED) is 0.550. The van der Waals surface area contributed by atoms with Crippen molar-refractivity contribution >= 4 is 45.0 Å². The molecular formula is C13H9Cl2N. The molecule has 2 aromatic carbocycles. The lowest BCUT2D eigenvalue weighted by Gasteiger charge is -1.97. The van der Waals surface area contributed by atoms with Crippen LogP contribution >= 0.6 is 23.2 Å². The van der Waals surface area contributed by atoms with Gasteiger partial charge in [-0.2, -0.15) is 0 Å². The predicted molar refractivity (Wildman–Crippen MR) is 70.4 cm³/mol. The molecule has 1 aromatic heterocycles. The first kappa shape index (κ1) is 6.53. The van der Waals surface area contributed by atoms with Crippen molar-refractivity contribution in [3.05, 3.63) is 46.3 Å².